The lowest BCUT2D eigenvalue weighted by Crippen LogP contribution is -2.03. The topological polar surface area (TPSA) is 33.4 Å². The quantitative estimate of drug-likeness (QED) is 0.571. The first kappa shape index (κ1) is 13.6. The molecule has 1 unspecified atom stereocenters. The van der Waals surface area contributed by atoms with Crippen molar-refractivity contribution in [2.75, 3.05) is 0 Å². The molecule has 3 rings (SSSR count). The van der Waals surface area contributed by atoms with Crippen LogP contribution in [0.1, 0.15) is 17.4 Å². The van der Waals surface area contributed by atoms with E-state index in [1.807, 2.05) is 0 Å². The van der Waals surface area contributed by atoms with E-state index in [-0.39, 0.29) is 11.3 Å². The third-order valence-corrected chi connectivity index (χ3v) is 3.10. The van der Waals surface area contributed by atoms with Crippen molar-refractivity contribution in [2.45, 2.75) is 6.10 Å². The molecule has 108 valence electrons. The molecule has 2 nitrogen and oxygen atoms in total. The van der Waals surface area contributed by atoms with Crippen LogP contribution in [0.15, 0.2) is 40.8 Å². The summed E-state index contributed by atoms with van der Waals surface area (Å²) in [5.74, 6) is -4.33. The molecule has 0 saturated carbocycles. The van der Waals surface area contributed by atoms with Gasteiger partial charge < -0.3 is 9.52 Å². The van der Waals surface area contributed by atoms with E-state index in [2.05, 4.69) is 0 Å². The van der Waals surface area contributed by atoms with Gasteiger partial charge in [0.2, 0.25) is 0 Å². The third kappa shape index (κ3) is 2.38. The van der Waals surface area contributed by atoms with Crippen molar-refractivity contribution in [3.63, 3.8) is 0 Å². The summed E-state index contributed by atoms with van der Waals surface area (Å²) in [6.45, 7) is 0. The smallest absolute Gasteiger partial charge is 0.161 e. The Bertz CT molecular complexity index is 826. The Hall–Kier alpha value is -2.34. The normalized spacial score (nSPS) is 12.8. The number of hydrogen-bond acceptors (Lipinski definition) is 2. The summed E-state index contributed by atoms with van der Waals surface area (Å²) in [5, 5.41) is 10.4. The lowest BCUT2D eigenvalue weighted by atomic mass is 10.1. The molecule has 3 aromatic rings. The van der Waals surface area contributed by atoms with Gasteiger partial charge in [-0.05, 0) is 30.3 Å². The van der Waals surface area contributed by atoms with Crippen molar-refractivity contribution in [3.8, 4) is 0 Å². The molecule has 0 aliphatic heterocycles. The molecular weight excluding hydrogens is 288 g/mol. The van der Waals surface area contributed by atoms with Crippen LogP contribution < -0.4 is 0 Å². The van der Waals surface area contributed by atoms with Gasteiger partial charge in [0.05, 0.1) is 0 Å². The Labute approximate surface area is 116 Å². The SMILES string of the molecule is OC(c1cc2cc(F)ccc2o1)c1cc(F)c(F)cc1F. The number of hydrogen-bond donors (Lipinski definition) is 1. The number of rotatable bonds is 2. The van der Waals surface area contributed by atoms with E-state index in [1.54, 1.807) is 0 Å². The highest BCUT2D eigenvalue weighted by Crippen LogP contribution is 2.30. The monoisotopic (exact) mass is 296 g/mol. The van der Waals surface area contributed by atoms with Crippen LogP contribution in [0.2, 0.25) is 0 Å². The van der Waals surface area contributed by atoms with Crippen LogP contribution in [0, 0.1) is 23.3 Å². The molecule has 0 spiro atoms. The van der Waals surface area contributed by atoms with E-state index >= 15 is 0 Å². The van der Waals surface area contributed by atoms with Gasteiger partial charge in [-0.25, -0.2) is 17.6 Å². The number of aliphatic hydroxyl groups excluding tert-OH is 1. The molecule has 0 aliphatic carbocycles. The van der Waals surface area contributed by atoms with Crippen molar-refractivity contribution >= 4 is 11.0 Å². The third-order valence-electron chi connectivity index (χ3n) is 3.10. The maximum Gasteiger partial charge on any atom is 0.161 e. The number of benzene rings is 2. The highest BCUT2D eigenvalue weighted by molar-refractivity contribution is 5.78. The molecular formula is C15H8F4O2. The zero-order valence-corrected chi connectivity index (χ0v) is 10.4. The lowest BCUT2D eigenvalue weighted by Gasteiger charge is -2.09. The van der Waals surface area contributed by atoms with Gasteiger partial charge in [0.15, 0.2) is 11.6 Å². The summed E-state index contributed by atoms with van der Waals surface area (Å²) in [6.07, 6.45) is -1.63. The van der Waals surface area contributed by atoms with Gasteiger partial charge in [0.1, 0.15) is 29.1 Å². The summed E-state index contributed by atoms with van der Waals surface area (Å²) in [7, 11) is 0. The molecule has 0 saturated heterocycles. The zero-order chi connectivity index (χ0) is 15.1. The zero-order valence-electron chi connectivity index (χ0n) is 10.4. The first-order chi connectivity index (χ1) is 9.95. The highest BCUT2D eigenvalue weighted by atomic mass is 19.2. The Balaban J connectivity index is 2.07. The van der Waals surface area contributed by atoms with Crippen LogP contribution in [0.3, 0.4) is 0 Å². The van der Waals surface area contributed by atoms with Gasteiger partial charge in [-0.3, -0.25) is 0 Å². The van der Waals surface area contributed by atoms with Crippen molar-refractivity contribution in [1.82, 2.24) is 0 Å². The Morgan fingerprint density at radius 1 is 0.857 bits per heavy atom. The number of furan rings is 1. The minimum Gasteiger partial charge on any atom is -0.458 e. The van der Waals surface area contributed by atoms with Crippen LogP contribution in [0.4, 0.5) is 17.6 Å². The Kier molecular flexibility index (Phi) is 3.17. The Morgan fingerprint density at radius 2 is 1.57 bits per heavy atom. The minimum absolute atomic E-state index is 0.0968. The largest absolute Gasteiger partial charge is 0.458 e. The van der Waals surface area contributed by atoms with Gasteiger partial charge in [-0.15, -0.1) is 0 Å². The predicted octanol–water partition coefficient (Wildman–Crippen LogP) is 4.07. The second-order valence-corrected chi connectivity index (χ2v) is 4.52. The summed E-state index contributed by atoms with van der Waals surface area (Å²) >= 11 is 0. The van der Waals surface area contributed by atoms with E-state index < -0.39 is 34.9 Å². The fourth-order valence-electron chi connectivity index (χ4n) is 2.07. The second-order valence-electron chi connectivity index (χ2n) is 4.52. The van der Waals surface area contributed by atoms with Crippen molar-refractivity contribution in [2.24, 2.45) is 0 Å². The molecule has 1 N–H and O–H groups in total. The molecule has 0 radical (unpaired) electrons. The molecule has 1 atom stereocenters. The molecule has 0 fully saturated rings. The average Bonchev–Trinajstić information content (AvgIpc) is 2.85. The maximum absolute atomic E-state index is 13.6. The second kappa shape index (κ2) is 4.89. The van der Waals surface area contributed by atoms with Gasteiger partial charge >= 0.3 is 0 Å². The molecule has 0 bridgehead atoms. The summed E-state index contributed by atoms with van der Waals surface area (Å²) < 4.78 is 58.0. The molecule has 6 heteroatoms. The molecule has 2 aromatic carbocycles. The van der Waals surface area contributed by atoms with Gasteiger partial charge in [-0.2, -0.15) is 0 Å². The average molecular weight is 296 g/mol. The van der Waals surface area contributed by atoms with Gasteiger partial charge in [0, 0.05) is 17.0 Å². The molecule has 21 heavy (non-hydrogen) atoms. The van der Waals surface area contributed by atoms with Crippen LogP contribution in [0.5, 0.6) is 0 Å². The minimum atomic E-state index is -1.63. The standard InChI is InChI=1S/C15H8F4O2/c16-8-1-2-13-7(3-8)4-14(21-13)15(20)9-5-11(18)12(19)6-10(9)17/h1-6,15,20H. The fraction of sp³-hybridized carbons (Fsp3) is 0.0667. The van der Waals surface area contributed by atoms with Crippen LogP contribution in [-0.2, 0) is 0 Å². The number of aliphatic hydroxyl groups is 1. The fourth-order valence-corrected chi connectivity index (χ4v) is 2.07. The predicted molar refractivity (Wildman–Crippen MR) is 66.5 cm³/mol. The van der Waals surface area contributed by atoms with E-state index in [0.29, 0.717) is 17.5 Å². The van der Waals surface area contributed by atoms with Crippen LogP contribution in [0.25, 0.3) is 11.0 Å². The van der Waals surface area contributed by atoms with Crippen LogP contribution >= 0.6 is 0 Å². The summed E-state index contributed by atoms with van der Waals surface area (Å²) in [6, 6.07) is 5.91. The highest BCUT2D eigenvalue weighted by Gasteiger charge is 2.21. The summed E-state index contributed by atoms with van der Waals surface area (Å²) in [4.78, 5) is 0. The van der Waals surface area contributed by atoms with Crippen molar-refractivity contribution in [1.29, 1.82) is 0 Å². The van der Waals surface area contributed by atoms with E-state index in [1.165, 1.54) is 24.3 Å². The molecule has 0 aliphatic rings. The number of halogens is 4. The van der Waals surface area contributed by atoms with E-state index in [9.17, 15) is 22.7 Å². The number of fused-ring (bicyclic) bond motifs is 1. The van der Waals surface area contributed by atoms with E-state index in [4.69, 9.17) is 4.42 Å². The Morgan fingerprint density at radius 3 is 2.33 bits per heavy atom. The van der Waals surface area contributed by atoms with Crippen molar-refractivity contribution < 1.29 is 27.1 Å². The van der Waals surface area contributed by atoms with Gasteiger partial charge in [-0.1, -0.05) is 0 Å². The molecule has 1 heterocycles. The van der Waals surface area contributed by atoms with Crippen LogP contribution in [-0.4, -0.2) is 5.11 Å². The van der Waals surface area contributed by atoms with E-state index in [0.717, 1.165) is 0 Å². The first-order valence-corrected chi connectivity index (χ1v) is 5.97. The van der Waals surface area contributed by atoms with Crippen molar-refractivity contribution in [3.05, 3.63) is 71.0 Å². The first-order valence-electron chi connectivity index (χ1n) is 5.97. The maximum atomic E-state index is 13.6. The van der Waals surface area contributed by atoms with Gasteiger partial charge in [0.25, 0.3) is 0 Å². The lowest BCUT2D eigenvalue weighted by molar-refractivity contribution is 0.186. The molecule has 0 amide bonds. The molecule has 1 aromatic heterocycles. The summed E-state index contributed by atoms with van der Waals surface area (Å²) in [5.41, 5.74) is -0.179.